The molecule has 0 aromatic heterocycles. The summed E-state index contributed by atoms with van der Waals surface area (Å²) in [6.07, 6.45) is 6.15. The van der Waals surface area contributed by atoms with Crippen molar-refractivity contribution >= 4 is 0 Å². The Bertz CT molecular complexity index is 217. The van der Waals surface area contributed by atoms with Crippen LogP contribution in [0.4, 0.5) is 0 Å². The number of nitrogens with zero attached hydrogens (tertiary/aromatic N) is 1. The van der Waals surface area contributed by atoms with E-state index in [9.17, 15) is 0 Å². The third kappa shape index (κ3) is 4.52. The van der Waals surface area contributed by atoms with Crippen LogP contribution >= 0.6 is 0 Å². The number of hydrogen-bond donors (Lipinski definition) is 1. The van der Waals surface area contributed by atoms with Crippen LogP contribution in [0.2, 0.25) is 0 Å². The zero-order valence-electron chi connectivity index (χ0n) is 12.8. The highest BCUT2D eigenvalue weighted by atomic mass is 16.5. The Kier molecular flexibility index (Phi) is 7.20. The largest absolute Gasteiger partial charge is 0.385 e. The fourth-order valence-corrected chi connectivity index (χ4v) is 2.91. The minimum Gasteiger partial charge on any atom is -0.385 e. The summed E-state index contributed by atoms with van der Waals surface area (Å²) in [5.41, 5.74) is 0.339. The van der Waals surface area contributed by atoms with Gasteiger partial charge in [-0.05, 0) is 52.1 Å². The van der Waals surface area contributed by atoms with Gasteiger partial charge in [-0.1, -0.05) is 13.8 Å². The first kappa shape index (κ1) is 15.9. The van der Waals surface area contributed by atoms with Gasteiger partial charge in [0.1, 0.15) is 0 Å². The average Bonchev–Trinajstić information content (AvgIpc) is 2.55. The van der Waals surface area contributed by atoms with Crippen molar-refractivity contribution in [2.75, 3.05) is 33.4 Å². The number of methoxy groups -OCH3 is 1. The fourth-order valence-electron chi connectivity index (χ4n) is 2.91. The second kappa shape index (κ2) is 8.13. The molecule has 1 unspecified atom stereocenters. The summed E-state index contributed by atoms with van der Waals surface area (Å²) in [7, 11) is 1.79. The van der Waals surface area contributed by atoms with Crippen molar-refractivity contribution in [1.82, 2.24) is 10.2 Å². The van der Waals surface area contributed by atoms with Crippen LogP contribution in [0.3, 0.4) is 0 Å². The molecule has 1 N–H and O–H groups in total. The fraction of sp³-hybridized carbons (Fsp3) is 1.00. The molecule has 0 radical (unpaired) electrons. The van der Waals surface area contributed by atoms with Crippen LogP contribution in [0.1, 0.15) is 52.9 Å². The Labute approximate surface area is 113 Å². The standard InChI is InChI=1S/C15H32N2O/c1-5-15(6-2)13-17(11-7-8-12-18-4)14(3)9-10-16-15/h14,16H,5-13H2,1-4H3. The van der Waals surface area contributed by atoms with Crippen LogP contribution in [0.25, 0.3) is 0 Å². The van der Waals surface area contributed by atoms with Gasteiger partial charge in [0.15, 0.2) is 0 Å². The molecule has 3 heteroatoms. The summed E-state index contributed by atoms with van der Waals surface area (Å²) in [6.45, 7) is 11.5. The van der Waals surface area contributed by atoms with Crippen molar-refractivity contribution in [2.45, 2.75) is 64.5 Å². The smallest absolute Gasteiger partial charge is 0.0462 e. The second-order valence-electron chi connectivity index (χ2n) is 5.72. The highest BCUT2D eigenvalue weighted by Crippen LogP contribution is 2.22. The predicted molar refractivity (Wildman–Crippen MR) is 78.1 cm³/mol. The number of unbranched alkanes of at least 4 members (excludes halogenated alkanes) is 1. The third-order valence-electron chi connectivity index (χ3n) is 4.59. The minimum atomic E-state index is 0.339. The number of nitrogens with one attached hydrogen (secondary N) is 1. The molecule has 0 aromatic carbocycles. The van der Waals surface area contributed by atoms with Gasteiger partial charge in [-0.25, -0.2) is 0 Å². The molecule has 0 aliphatic carbocycles. The molecule has 1 atom stereocenters. The van der Waals surface area contributed by atoms with Crippen LogP contribution in [-0.4, -0.2) is 49.8 Å². The lowest BCUT2D eigenvalue weighted by Crippen LogP contribution is -2.51. The zero-order chi connectivity index (χ0) is 13.4. The normalized spacial score (nSPS) is 25.0. The Morgan fingerprint density at radius 2 is 2.00 bits per heavy atom. The van der Waals surface area contributed by atoms with Crippen molar-refractivity contribution in [1.29, 1.82) is 0 Å². The molecular formula is C15H32N2O. The molecule has 1 rings (SSSR count). The van der Waals surface area contributed by atoms with Crippen LogP contribution in [-0.2, 0) is 4.74 Å². The minimum absolute atomic E-state index is 0.339. The van der Waals surface area contributed by atoms with E-state index in [0.29, 0.717) is 11.6 Å². The first-order chi connectivity index (χ1) is 8.67. The molecule has 108 valence electrons. The first-order valence-electron chi connectivity index (χ1n) is 7.65. The van der Waals surface area contributed by atoms with Gasteiger partial charge >= 0.3 is 0 Å². The quantitative estimate of drug-likeness (QED) is 0.709. The second-order valence-corrected chi connectivity index (χ2v) is 5.72. The Morgan fingerprint density at radius 1 is 1.28 bits per heavy atom. The lowest BCUT2D eigenvalue weighted by molar-refractivity contribution is 0.145. The van der Waals surface area contributed by atoms with Gasteiger partial charge in [0, 0.05) is 31.8 Å². The Hall–Kier alpha value is -0.120. The lowest BCUT2D eigenvalue weighted by Gasteiger charge is -2.37. The predicted octanol–water partition coefficient (Wildman–Crippen LogP) is 2.66. The molecule has 0 spiro atoms. The average molecular weight is 256 g/mol. The maximum atomic E-state index is 5.14. The van der Waals surface area contributed by atoms with Gasteiger partial charge in [0.25, 0.3) is 0 Å². The lowest BCUT2D eigenvalue weighted by atomic mass is 9.92. The van der Waals surface area contributed by atoms with Crippen LogP contribution < -0.4 is 5.32 Å². The van der Waals surface area contributed by atoms with E-state index in [4.69, 9.17) is 4.74 Å². The van der Waals surface area contributed by atoms with E-state index in [-0.39, 0.29) is 0 Å². The van der Waals surface area contributed by atoms with E-state index in [1.807, 2.05) is 0 Å². The zero-order valence-corrected chi connectivity index (χ0v) is 12.8. The molecule has 0 aromatic rings. The van der Waals surface area contributed by atoms with Gasteiger partial charge in [0.2, 0.25) is 0 Å². The van der Waals surface area contributed by atoms with Crippen LogP contribution in [0, 0.1) is 0 Å². The summed E-state index contributed by atoms with van der Waals surface area (Å²) >= 11 is 0. The van der Waals surface area contributed by atoms with Crippen LogP contribution in [0.15, 0.2) is 0 Å². The molecule has 0 bridgehead atoms. The highest BCUT2D eigenvalue weighted by molar-refractivity contribution is 4.93. The Balaban J connectivity index is 2.50. The molecule has 1 saturated heterocycles. The molecule has 1 aliphatic rings. The van der Waals surface area contributed by atoms with E-state index < -0.39 is 0 Å². The van der Waals surface area contributed by atoms with Crippen molar-refractivity contribution < 1.29 is 4.74 Å². The molecule has 1 heterocycles. The van der Waals surface area contributed by atoms with E-state index >= 15 is 0 Å². The molecule has 1 aliphatic heterocycles. The monoisotopic (exact) mass is 256 g/mol. The van der Waals surface area contributed by atoms with Crippen molar-refractivity contribution in [3.63, 3.8) is 0 Å². The van der Waals surface area contributed by atoms with Gasteiger partial charge in [0.05, 0.1) is 0 Å². The Morgan fingerprint density at radius 3 is 2.61 bits per heavy atom. The molecule has 18 heavy (non-hydrogen) atoms. The van der Waals surface area contributed by atoms with Crippen LogP contribution in [0.5, 0.6) is 0 Å². The summed E-state index contributed by atoms with van der Waals surface area (Å²) in [6, 6.07) is 0.708. The number of hydrogen-bond acceptors (Lipinski definition) is 3. The third-order valence-corrected chi connectivity index (χ3v) is 4.59. The SMILES string of the molecule is CCC1(CC)CN(CCCCOC)C(C)CCN1. The van der Waals surface area contributed by atoms with E-state index in [1.165, 1.54) is 45.2 Å². The van der Waals surface area contributed by atoms with Crippen molar-refractivity contribution in [3.05, 3.63) is 0 Å². The molecule has 0 amide bonds. The topological polar surface area (TPSA) is 24.5 Å². The number of rotatable bonds is 7. The molecule has 3 nitrogen and oxygen atoms in total. The van der Waals surface area contributed by atoms with Crippen molar-refractivity contribution in [2.24, 2.45) is 0 Å². The van der Waals surface area contributed by atoms with Gasteiger partial charge < -0.3 is 10.1 Å². The number of ether oxygens (including phenoxy) is 1. The highest BCUT2D eigenvalue weighted by Gasteiger charge is 2.32. The van der Waals surface area contributed by atoms with Gasteiger partial charge in [-0.2, -0.15) is 0 Å². The van der Waals surface area contributed by atoms with Crippen molar-refractivity contribution in [3.8, 4) is 0 Å². The molecule has 1 fully saturated rings. The van der Waals surface area contributed by atoms with E-state index in [1.54, 1.807) is 7.11 Å². The van der Waals surface area contributed by atoms with E-state index in [2.05, 4.69) is 31.0 Å². The summed E-state index contributed by atoms with van der Waals surface area (Å²) in [5.74, 6) is 0. The maximum Gasteiger partial charge on any atom is 0.0462 e. The molecule has 0 saturated carbocycles. The van der Waals surface area contributed by atoms with E-state index in [0.717, 1.165) is 13.2 Å². The summed E-state index contributed by atoms with van der Waals surface area (Å²) in [5, 5.41) is 3.79. The summed E-state index contributed by atoms with van der Waals surface area (Å²) < 4.78 is 5.14. The van der Waals surface area contributed by atoms with Gasteiger partial charge in [-0.3, -0.25) is 4.90 Å². The molecular weight excluding hydrogens is 224 g/mol. The van der Waals surface area contributed by atoms with Gasteiger partial charge in [-0.15, -0.1) is 0 Å². The maximum absolute atomic E-state index is 5.14. The first-order valence-corrected chi connectivity index (χ1v) is 7.65. The summed E-state index contributed by atoms with van der Waals surface area (Å²) in [4.78, 5) is 2.68.